The van der Waals surface area contributed by atoms with Gasteiger partial charge < -0.3 is 30.6 Å². The highest BCUT2D eigenvalue weighted by atomic mass is 33.1. The number of hydrogen-bond acceptors (Lipinski definition) is 12. The molecule has 0 saturated carbocycles. The molecule has 0 radical (unpaired) electrons. The Morgan fingerprint density at radius 1 is 0.652 bits per heavy atom. The molecule has 10 aliphatic rings. The third-order valence-corrected chi connectivity index (χ3v) is 19.3. The second kappa shape index (κ2) is 8.26. The molecule has 4 N–H and O–H groups in total. The van der Waals surface area contributed by atoms with Gasteiger partial charge in [-0.05, 0) is 44.8 Å². The summed E-state index contributed by atoms with van der Waals surface area (Å²) in [6.45, 7) is -1.07. The van der Waals surface area contributed by atoms with Crippen molar-refractivity contribution in [2.45, 2.75) is 55.5 Å². The maximum absolute atomic E-state index is 14.7. The predicted molar refractivity (Wildman–Crippen MR) is 175 cm³/mol. The third kappa shape index (κ3) is 2.48. The summed E-state index contributed by atoms with van der Waals surface area (Å²) < 4.78 is 0. The fourth-order valence-corrected chi connectivity index (χ4v) is 17.2. The Morgan fingerprint density at radius 3 is 1.43 bits per heavy atom. The number of nitrogens with zero attached hydrogens (tertiary/aromatic N) is 4. The summed E-state index contributed by atoms with van der Waals surface area (Å²) in [4.78, 5) is 59.0. The number of nitrogens with one attached hydrogen (secondary N) is 2. The molecule has 46 heavy (non-hydrogen) atoms. The zero-order valence-electron chi connectivity index (χ0n) is 24.6. The van der Waals surface area contributed by atoms with Gasteiger partial charge in [-0.15, -0.1) is 0 Å². The Morgan fingerprint density at radius 2 is 1.04 bits per heavy atom. The number of anilines is 2. The monoisotopic (exact) mass is 696 g/mol. The lowest BCUT2D eigenvalue weighted by Crippen LogP contribution is -2.77. The van der Waals surface area contributed by atoms with Gasteiger partial charge >= 0.3 is 0 Å². The van der Waals surface area contributed by atoms with Crippen molar-refractivity contribution in [3.8, 4) is 0 Å². The first kappa shape index (κ1) is 28.3. The number of carbonyl (C=O) groups excluding carboxylic acids is 4. The molecule has 0 aliphatic carbocycles. The summed E-state index contributed by atoms with van der Waals surface area (Å²) in [6.07, 6.45) is -1.01. The van der Waals surface area contributed by atoms with E-state index in [-0.39, 0.29) is 36.5 Å². The summed E-state index contributed by atoms with van der Waals surface area (Å²) in [6, 6.07) is 15.8. The molecule has 10 aliphatic heterocycles. The van der Waals surface area contributed by atoms with Crippen molar-refractivity contribution in [2.24, 2.45) is 0 Å². The van der Waals surface area contributed by atoms with E-state index in [4.69, 9.17) is 0 Å². The molecule has 4 unspecified atom stereocenters. The van der Waals surface area contributed by atoms with E-state index in [1.54, 1.807) is 23.9 Å². The molecule has 16 heteroatoms. The first-order chi connectivity index (χ1) is 22.1. The van der Waals surface area contributed by atoms with Gasteiger partial charge in [0.15, 0.2) is 9.74 Å². The second-order valence-electron chi connectivity index (χ2n) is 13.3. The smallest absolute Gasteiger partial charge is 0.265 e. The summed E-state index contributed by atoms with van der Waals surface area (Å²) in [5.74, 6) is -1.19. The summed E-state index contributed by atoms with van der Waals surface area (Å²) >= 11 is 0. The van der Waals surface area contributed by atoms with Crippen molar-refractivity contribution in [1.29, 1.82) is 0 Å². The van der Waals surface area contributed by atoms with Crippen LogP contribution < -0.4 is 10.6 Å². The Labute approximate surface area is 279 Å². The van der Waals surface area contributed by atoms with Gasteiger partial charge in [-0.2, -0.15) is 0 Å². The Balaban J connectivity index is 1.29. The quantitative estimate of drug-likeness (QED) is 0.344. The van der Waals surface area contributed by atoms with Crippen LogP contribution in [0.25, 0.3) is 0 Å². The van der Waals surface area contributed by atoms with Crippen LogP contribution in [0.5, 0.6) is 0 Å². The standard InChI is InChI=1S/C30H28N6O6S4/c1-33-21(39)27-11-25(15-7-3-5-9-17(15)31-19(25)35(27)23(41)29(33,13-37)45-43-27)26-12-28-22(40)34(2)30(14-38,46-44-28)24(42)36(28)20(26)32-18-10-6-4-8-16(18)26/h3-10,19-20,31-32,37-38H,11-14H2,1-2H3/t19-,20-,25?,26?,27?,28?,29-,30-/m1/s1. The van der Waals surface area contributed by atoms with E-state index in [1.807, 2.05) is 48.5 Å². The fourth-order valence-electron chi connectivity index (χ4n) is 9.92. The van der Waals surface area contributed by atoms with Crippen LogP contribution in [0, 0.1) is 0 Å². The lowest BCUT2D eigenvalue weighted by atomic mass is 9.54. The fraction of sp³-hybridized carbons (Fsp3) is 0.467. The lowest BCUT2D eigenvalue weighted by Gasteiger charge is -2.57. The number of benzene rings is 2. The minimum absolute atomic E-state index is 0.223. The van der Waals surface area contributed by atoms with Crippen molar-refractivity contribution < 1.29 is 29.4 Å². The number of hydrogen-bond donors (Lipinski definition) is 4. The van der Waals surface area contributed by atoms with Gasteiger partial charge in [0.25, 0.3) is 23.6 Å². The summed E-state index contributed by atoms with van der Waals surface area (Å²) in [7, 11) is 8.28. The molecule has 2 spiro atoms. The molecule has 2 aromatic rings. The van der Waals surface area contributed by atoms with Crippen molar-refractivity contribution >= 4 is 78.2 Å². The molecule has 4 amide bonds. The van der Waals surface area contributed by atoms with E-state index in [0.717, 1.165) is 22.5 Å². The van der Waals surface area contributed by atoms with Gasteiger partial charge in [-0.25, -0.2) is 0 Å². The summed E-state index contributed by atoms with van der Waals surface area (Å²) in [5.41, 5.74) is 1.45. The van der Waals surface area contributed by atoms with Gasteiger partial charge in [0.05, 0.1) is 24.0 Å². The highest BCUT2D eigenvalue weighted by molar-refractivity contribution is 8.78. The number of rotatable bonds is 3. The van der Waals surface area contributed by atoms with E-state index in [1.165, 1.54) is 53.0 Å². The highest BCUT2D eigenvalue weighted by Gasteiger charge is 2.87. The van der Waals surface area contributed by atoms with Crippen LogP contribution >= 0.6 is 43.2 Å². The number of fused-ring (bicyclic) bond motifs is 11. The van der Waals surface area contributed by atoms with Crippen LogP contribution in [0.1, 0.15) is 24.0 Å². The first-order valence-electron chi connectivity index (χ1n) is 15.0. The third-order valence-electron chi connectivity index (χ3n) is 12.0. The molecule has 4 bridgehead atoms. The number of para-hydroxylation sites is 2. The van der Waals surface area contributed by atoms with Crippen LogP contribution in [0.4, 0.5) is 11.4 Å². The first-order valence-corrected chi connectivity index (χ1v) is 19.3. The van der Waals surface area contributed by atoms with Crippen molar-refractivity contribution in [1.82, 2.24) is 19.6 Å². The molecule has 8 saturated heterocycles. The lowest BCUT2D eigenvalue weighted by molar-refractivity contribution is -0.166. The van der Waals surface area contributed by atoms with Crippen LogP contribution in [-0.4, -0.2) is 113 Å². The molecule has 12 rings (SSSR count). The molecule has 2 aromatic carbocycles. The second-order valence-corrected chi connectivity index (χ2v) is 18.7. The zero-order valence-corrected chi connectivity index (χ0v) is 27.8. The minimum atomic E-state index is -1.47. The zero-order chi connectivity index (χ0) is 31.8. The molecule has 8 fully saturated rings. The van der Waals surface area contributed by atoms with E-state index >= 15 is 0 Å². The number of piperazine rings is 2. The van der Waals surface area contributed by atoms with Gasteiger partial charge in [0, 0.05) is 38.3 Å². The minimum Gasteiger partial charge on any atom is -0.392 e. The average molecular weight is 697 g/mol. The molecule has 12 nitrogen and oxygen atoms in total. The van der Waals surface area contributed by atoms with Crippen molar-refractivity contribution in [3.63, 3.8) is 0 Å². The number of carbonyl (C=O) groups is 4. The van der Waals surface area contributed by atoms with Crippen molar-refractivity contribution in [2.75, 3.05) is 37.9 Å². The van der Waals surface area contributed by atoms with E-state index in [2.05, 4.69) is 10.6 Å². The summed E-state index contributed by atoms with van der Waals surface area (Å²) in [5, 5.41) is 28.6. The number of aliphatic hydroxyl groups excluding tert-OH is 2. The topological polar surface area (TPSA) is 146 Å². The largest absolute Gasteiger partial charge is 0.392 e. The van der Waals surface area contributed by atoms with Gasteiger partial charge in [-0.3, -0.25) is 29.0 Å². The maximum atomic E-state index is 14.7. The van der Waals surface area contributed by atoms with Crippen LogP contribution in [-0.2, 0) is 30.0 Å². The molecular formula is C30H28N6O6S4. The van der Waals surface area contributed by atoms with E-state index in [9.17, 15) is 29.4 Å². The molecule has 238 valence electrons. The van der Waals surface area contributed by atoms with Gasteiger partial charge in [-0.1, -0.05) is 58.0 Å². The molecule has 8 atom stereocenters. The average Bonchev–Trinajstić information content (AvgIpc) is 3.75. The normalized spacial score (nSPS) is 43.7. The van der Waals surface area contributed by atoms with Gasteiger partial charge in [0.1, 0.15) is 12.3 Å². The van der Waals surface area contributed by atoms with E-state index < -0.39 is 55.9 Å². The Bertz CT molecular complexity index is 1740. The van der Waals surface area contributed by atoms with Crippen LogP contribution in [0.3, 0.4) is 0 Å². The highest BCUT2D eigenvalue weighted by Crippen LogP contribution is 2.78. The van der Waals surface area contributed by atoms with Crippen molar-refractivity contribution in [3.05, 3.63) is 59.7 Å². The van der Waals surface area contributed by atoms with E-state index in [0.29, 0.717) is 0 Å². The van der Waals surface area contributed by atoms with Gasteiger partial charge in [0.2, 0.25) is 9.74 Å². The Hall–Kier alpha value is -2.76. The molecule has 0 aromatic heterocycles. The number of amides is 4. The number of aliphatic hydroxyl groups is 2. The van der Waals surface area contributed by atoms with Crippen LogP contribution in [0.2, 0.25) is 0 Å². The molecule has 10 heterocycles. The number of likely N-dealkylation sites (N-methyl/N-ethyl adjacent to an activating group) is 2. The maximum Gasteiger partial charge on any atom is 0.265 e. The SMILES string of the molecule is CN1C(=O)C23CC4(C56CC78SS[C@](CO)(C(=O)N7[C@H]5Nc5ccccc56)N(C)C8=O)c5ccccc5N[C@@H]4N2C(=O)[C@@]1(CO)SS3. The predicted octanol–water partition coefficient (Wildman–Crippen LogP) is 1.33. The Kier molecular flexibility index (Phi) is 5.08. The molecular weight excluding hydrogens is 669 g/mol. The van der Waals surface area contributed by atoms with Crippen LogP contribution in [0.15, 0.2) is 48.5 Å².